The minimum Gasteiger partial charge on any atom is -0.468 e. The maximum atomic E-state index is 13.1. The molecule has 0 spiro atoms. The van der Waals surface area contributed by atoms with E-state index in [0.29, 0.717) is 5.76 Å². The quantitative estimate of drug-likeness (QED) is 0.440. The van der Waals surface area contributed by atoms with E-state index in [9.17, 15) is 17.6 Å². The summed E-state index contributed by atoms with van der Waals surface area (Å²) >= 11 is 0. The molecular formula is C26H28FN3O4S. The molecule has 0 saturated carbocycles. The molecule has 1 aliphatic rings. The molecule has 7 nitrogen and oxygen atoms in total. The molecule has 2 N–H and O–H groups in total. The highest BCUT2D eigenvalue weighted by atomic mass is 32.2. The topological polar surface area (TPSA) is 91.6 Å². The van der Waals surface area contributed by atoms with Crippen LogP contribution in [0.1, 0.15) is 29.7 Å². The summed E-state index contributed by atoms with van der Waals surface area (Å²) in [6, 6.07) is 16.3. The van der Waals surface area contributed by atoms with Gasteiger partial charge in [0.25, 0.3) is 0 Å². The second-order valence-electron chi connectivity index (χ2n) is 8.49. The molecule has 1 aromatic heterocycles. The Balaban J connectivity index is 1.22. The van der Waals surface area contributed by atoms with Crippen molar-refractivity contribution in [3.8, 4) is 0 Å². The Morgan fingerprint density at radius 2 is 1.77 bits per heavy atom. The van der Waals surface area contributed by atoms with Gasteiger partial charge in [0.15, 0.2) is 0 Å². The number of piperidine rings is 1. The highest BCUT2D eigenvalue weighted by Gasteiger charge is 2.20. The lowest BCUT2D eigenvalue weighted by molar-refractivity contribution is -0.117. The Bertz CT molecular complexity index is 1230. The number of hydrogen-bond donors (Lipinski definition) is 2. The molecule has 1 aliphatic heterocycles. The number of amides is 1. The molecule has 4 rings (SSSR count). The zero-order chi connectivity index (χ0) is 24.7. The highest BCUT2D eigenvalue weighted by molar-refractivity contribution is 7.89. The summed E-state index contributed by atoms with van der Waals surface area (Å²) in [6.45, 7) is 2.55. The number of halogens is 1. The number of nitrogens with one attached hydrogen (secondary N) is 2. The zero-order valence-electron chi connectivity index (χ0n) is 19.2. The second kappa shape index (κ2) is 11.4. The van der Waals surface area contributed by atoms with Gasteiger partial charge in [-0.15, -0.1) is 0 Å². The third kappa shape index (κ3) is 7.35. The molecule has 2 aromatic carbocycles. The van der Waals surface area contributed by atoms with Gasteiger partial charge in [0.05, 0.1) is 17.7 Å². The van der Waals surface area contributed by atoms with Gasteiger partial charge in [0, 0.05) is 31.8 Å². The number of carbonyl (C=O) groups excluding carboxylic acids is 1. The molecule has 0 atom stereocenters. The first-order valence-corrected chi connectivity index (χ1v) is 12.9. The number of hydrogen-bond acceptors (Lipinski definition) is 5. The monoisotopic (exact) mass is 497 g/mol. The standard InChI is InChI=1S/C26H28FN3O4S/c27-22-8-3-21(4-9-22)19-30-15-13-23(14-16-30)29-26(31)12-7-20-5-10-25(11-6-20)35(32,33)28-18-24-2-1-17-34-24/h1-12,17,23,28H,13-16,18-19H2,(H,29,31). The minimum absolute atomic E-state index is 0.0717. The summed E-state index contributed by atoms with van der Waals surface area (Å²) < 4.78 is 45.5. The van der Waals surface area contributed by atoms with Crippen LogP contribution in [0.25, 0.3) is 6.08 Å². The maximum Gasteiger partial charge on any atom is 0.244 e. The summed E-state index contributed by atoms with van der Waals surface area (Å²) in [5.74, 6) is 0.110. The van der Waals surface area contributed by atoms with E-state index in [1.54, 1.807) is 42.5 Å². The fraction of sp³-hybridized carbons (Fsp3) is 0.269. The molecule has 1 saturated heterocycles. The van der Waals surface area contributed by atoms with Crippen LogP contribution in [-0.4, -0.2) is 38.4 Å². The largest absolute Gasteiger partial charge is 0.468 e. The molecule has 1 amide bonds. The van der Waals surface area contributed by atoms with E-state index in [1.807, 2.05) is 0 Å². The van der Waals surface area contributed by atoms with Crippen molar-refractivity contribution in [3.63, 3.8) is 0 Å². The van der Waals surface area contributed by atoms with E-state index in [-0.39, 0.29) is 29.2 Å². The van der Waals surface area contributed by atoms with Crippen LogP contribution in [0.4, 0.5) is 4.39 Å². The summed E-state index contributed by atoms with van der Waals surface area (Å²) in [4.78, 5) is 14.8. The highest BCUT2D eigenvalue weighted by Crippen LogP contribution is 2.15. The molecule has 184 valence electrons. The predicted molar refractivity (Wildman–Crippen MR) is 131 cm³/mol. The van der Waals surface area contributed by atoms with Crippen molar-refractivity contribution in [1.29, 1.82) is 0 Å². The smallest absolute Gasteiger partial charge is 0.244 e. The van der Waals surface area contributed by atoms with E-state index < -0.39 is 10.0 Å². The molecule has 9 heteroatoms. The predicted octanol–water partition coefficient (Wildman–Crippen LogP) is 3.69. The fourth-order valence-electron chi connectivity index (χ4n) is 3.93. The Labute approximate surface area is 204 Å². The summed E-state index contributed by atoms with van der Waals surface area (Å²) in [6.07, 6.45) is 6.30. The van der Waals surface area contributed by atoms with Crippen LogP contribution < -0.4 is 10.0 Å². The third-order valence-corrected chi connectivity index (χ3v) is 7.30. The average molecular weight is 498 g/mol. The van der Waals surface area contributed by atoms with Crippen molar-refractivity contribution in [3.05, 3.63) is 95.7 Å². The van der Waals surface area contributed by atoms with Crippen LogP contribution in [0.2, 0.25) is 0 Å². The molecule has 35 heavy (non-hydrogen) atoms. The van der Waals surface area contributed by atoms with Crippen molar-refractivity contribution < 1.29 is 22.0 Å². The van der Waals surface area contributed by atoms with E-state index in [0.717, 1.165) is 43.6 Å². The second-order valence-corrected chi connectivity index (χ2v) is 10.3. The Hall–Kier alpha value is -3.27. The normalized spacial score (nSPS) is 15.5. The van der Waals surface area contributed by atoms with E-state index in [2.05, 4.69) is 14.9 Å². The molecule has 1 fully saturated rings. The molecule has 2 heterocycles. The summed E-state index contributed by atoms with van der Waals surface area (Å²) in [5, 5.41) is 3.03. The molecule has 0 bridgehead atoms. The zero-order valence-corrected chi connectivity index (χ0v) is 20.0. The van der Waals surface area contributed by atoms with Crippen LogP contribution >= 0.6 is 0 Å². The number of sulfonamides is 1. The molecule has 0 unspecified atom stereocenters. The molecule has 0 radical (unpaired) electrons. The Morgan fingerprint density at radius 3 is 2.43 bits per heavy atom. The van der Waals surface area contributed by atoms with E-state index >= 15 is 0 Å². The van der Waals surface area contributed by atoms with Gasteiger partial charge in [-0.2, -0.15) is 0 Å². The first kappa shape index (κ1) is 24.8. The lowest BCUT2D eigenvalue weighted by atomic mass is 10.0. The lowest BCUT2D eigenvalue weighted by Gasteiger charge is -2.32. The number of nitrogens with zero attached hydrogens (tertiary/aromatic N) is 1. The van der Waals surface area contributed by atoms with Gasteiger partial charge in [-0.3, -0.25) is 9.69 Å². The number of carbonyl (C=O) groups is 1. The van der Waals surface area contributed by atoms with Gasteiger partial charge in [-0.05, 0) is 66.4 Å². The first-order chi connectivity index (χ1) is 16.9. The van der Waals surface area contributed by atoms with E-state index in [1.165, 1.54) is 36.6 Å². The van der Waals surface area contributed by atoms with Crippen molar-refractivity contribution in [2.75, 3.05) is 13.1 Å². The van der Waals surface area contributed by atoms with Crippen LogP contribution in [0.15, 0.2) is 82.3 Å². The lowest BCUT2D eigenvalue weighted by Crippen LogP contribution is -2.43. The number of furan rings is 1. The minimum atomic E-state index is -3.66. The van der Waals surface area contributed by atoms with Crippen LogP contribution in [0.3, 0.4) is 0 Å². The van der Waals surface area contributed by atoms with Crippen LogP contribution in [-0.2, 0) is 27.9 Å². The maximum absolute atomic E-state index is 13.1. The Morgan fingerprint density at radius 1 is 1.06 bits per heavy atom. The number of rotatable bonds is 9. The SMILES string of the molecule is O=C(C=Cc1ccc(S(=O)(=O)NCc2ccco2)cc1)NC1CCN(Cc2ccc(F)cc2)CC1. The van der Waals surface area contributed by atoms with Crippen molar-refractivity contribution in [1.82, 2.24) is 14.9 Å². The average Bonchev–Trinajstić information content (AvgIpc) is 3.38. The number of benzene rings is 2. The van der Waals surface area contributed by atoms with Gasteiger partial charge in [-0.1, -0.05) is 24.3 Å². The van der Waals surface area contributed by atoms with Gasteiger partial charge in [0.1, 0.15) is 11.6 Å². The summed E-state index contributed by atoms with van der Waals surface area (Å²) in [5.41, 5.74) is 1.79. The van der Waals surface area contributed by atoms with Crippen molar-refractivity contribution in [2.24, 2.45) is 0 Å². The molecule has 0 aliphatic carbocycles. The molecular weight excluding hydrogens is 469 g/mol. The first-order valence-electron chi connectivity index (χ1n) is 11.4. The van der Waals surface area contributed by atoms with Crippen LogP contribution in [0, 0.1) is 5.82 Å². The van der Waals surface area contributed by atoms with Crippen molar-refractivity contribution in [2.45, 2.75) is 36.9 Å². The molecule has 3 aromatic rings. The van der Waals surface area contributed by atoms with Crippen LogP contribution in [0.5, 0.6) is 0 Å². The van der Waals surface area contributed by atoms with Gasteiger partial charge in [0.2, 0.25) is 15.9 Å². The summed E-state index contributed by atoms with van der Waals surface area (Å²) in [7, 11) is -3.66. The van der Waals surface area contributed by atoms with Crippen molar-refractivity contribution >= 4 is 22.0 Å². The Kier molecular flexibility index (Phi) is 8.12. The third-order valence-electron chi connectivity index (χ3n) is 5.89. The fourth-order valence-corrected chi connectivity index (χ4v) is 4.92. The van der Waals surface area contributed by atoms with E-state index in [4.69, 9.17) is 4.42 Å². The van der Waals surface area contributed by atoms with Gasteiger partial charge >= 0.3 is 0 Å². The van der Waals surface area contributed by atoms with Gasteiger partial charge in [-0.25, -0.2) is 17.5 Å². The van der Waals surface area contributed by atoms with Gasteiger partial charge < -0.3 is 9.73 Å². The number of likely N-dealkylation sites (tertiary alicyclic amines) is 1.